The van der Waals surface area contributed by atoms with Gasteiger partial charge >= 0.3 is 0 Å². The van der Waals surface area contributed by atoms with Gasteiger partial charge in [-0.05, 0) is 42.9 Å². The minimum atomic E-state index is -0.370. The van der Waals surface area contributed by atoms with Crippen LogP contribution in [-0.4, -0.2) is 11.7 Å². The Morgan fingerprint density at radius 2 is 1.76 bits per heavy atom. The van der Waals surface area contributed by atoms with E-state index in [0.717, 1.165) is 24.2 Å². The number of aliphatic hydroxyl groups excluding tert-OH is 1. The summed E-state index contributed by atoms with van der Waals surface area (Å²) in [6.45, 7) is 9.21. The van der Waals surface area contributed by atoms with Crippen LogP contribution in [0.15, 0.2) is 24.3 Å². The molecule has 0 aliphatic rings. The summed E-state index contributed by atoms with van der Waals surface area (Å²) >= 11 is 0. The van der Waals surface area contributed by atoms with Gasteiger partial charge in [0.15, 0.2) is 0 Å². The molecule has 0 fully saturated rings. The molecule has 1 atom stereocenters. The van der Waals surface area contributed by atoms with E-state index in [1.54, 1.807) is 0 Å². The summed E-state index contributed by atoms with van der Waals surface area (Å²) in [6.07, 6.45) is 1.45. The molecule has 0 aliphatic carbocycles. The van der Waals surface area contributed by atoms with Crippen LogP contribution < -0.4 is 4.74 Å². The van der Waals surface area contributed by atoms with Crippen molar-refractivity contribution >= 4 is 0 Å². The van der Waals surface area contributed by atoms with Crippen LogP contribution in [0.1, 0.15) is 52.2 Å². The Kier molecular flexibility index (Phi) is 5.01. The van der Waals surface area contributed by atoms with Gasteiger partial charge in [0.1, 0.15) is 5.75 Å². The lowest BCUT2D eigenvalue weighted by atomic mass is 9.88. The molecule has 0 aromatic heterocycles. The Hall–Kier alpha value is -1.02. The molecule has 0 saturated carbocycles. The van der Waals surface area contributed by atoms with Gasteiger partial charge in [-0.1, -0.05) is 32.9 Å². The second-order valence-corrected chi connectivity index (χ2v) is 5.62. The van der Waals surface area contributed by atoms with E-state index in [9.17, 15) is 5.11 Å². The third kappa shape index (κ3) is 5.22. The van der Waals surface area contributed by atoms with Gasteiger partial charge in [-0.15, -0.1) is 0 Å². The molecule has 2 nitrogen and oxygen atoms in total. The maximum atomic E-state index is 10.1. The van der Waals surface area contributed by atoms with Crippen LogP contribution >= 0.6 is 0 Å². The SMILES string of the molecule is CCOc1ccc(C(O)CCC(C)(C)C)cc1. The highest BCUT2D eigenvalue weighted by Gasteiger charge is 2.14. The van der Waals surface area contributed by atoms with Crippen LogP contribution in [0, 0.1) is 5.41 Å². The normalized spacial score (nSPS) is 13.5. The number of ether oxygens (including phenoxy) is 1. The molecule has 1 unspecified atom stereocenters. The second kappa shape index (κ2) is 6.06. The van der Waals surface area contributed by atoms with Crippen LogP contribution in [0.5, 0.6) is 5.75 Å². The first-order valence-corrected chi connectivity index (χ1v) is 6.33. The van der Waals surface area contributed by atoms with E-state index in [1.807, 2.05) is 31.2 Å². The zero-order valence-electron chi connectivity index (χ0n) is 11.4. The van der Waals surface area contributed by atoms with Crippen molar-refractivity contribution < 1.29 is 9.84 Å². The highest BCUT2D eigenvalue weighted by Crippen LogP contribution is 2.28. The van der Waals surface area contributed by atoms with Gasteiger partial charge in [-0.3, -0.25) is 0 Å². The molecule has 1 N–H and O–H groups in total. The van der Waals surface area contributed by atoms with Crippen LogP contribution in [0.2, 0.25) is 0 Å². The number of hydrogen-bond acceptors (Lipinski definition) is 2. The maximum Gasteiger partial charge on any atom is 0.119 e. The molecule has 0 spiro atoms. The summed E-state index contributed by atoms with van der Waals surface area (Å²) in [7, 11) is 0. The minimum absolute atomic E-state index is 0.270. The molecule has 1 rings (SSSR count). The summed E-state index contributed by atoms with van der Waals surface area (Å²) in [6, 6.07) is 7.72. The average molecular weight is 236 g/mol. The molecule has 0 radical (unpaired) electrons. The van der Waals surface area contributed by atoms with Crippen molar-refractivity contribution in [3.8, 4) is 5.75 Å². The zero-order chi connectivity index (χ0) is 12.9. The van der Waals surface area contributed by atoms with E-state index < -0.39 is 0 Å². The van der Waals surface area contributed by atoms with Gasteiger partial charge in [-0.25, -0.2) is 0 Å². The predicted octanol–water partition coefficient (Wildman–Crippen LogP) is 3.95. The fourth-order valence-electron chi connectivity index (χ4n) is 1.69. The molecule has 0 saturated heterocycles. The average Bonchev–Trinajstić information content (AvgIpc) is 2.26. The third-order valence-electron chi connectivity index (χ3n) is 2.74. The van der Waals surface area contributed by atoms with E-state index in [2.05, 4.69) is 20.8 Å². The summed E-state index contributed by atoms with van der Waals surface area (Å²) < 4.78 is 5.37. The fraction of sp³-hybridized carbons (Fsp3) is 0.600. The molecule has 0 heterocycles. The topological polar surface area (TPSA) is 29.5 Å². The largest absolute Gasteiger partial charge is 0.494 e. The molecule has 0 aliphatic heterocycles. The van der Waals surface area contributed by atoms with Crippen molar-refractivity contribution in [2.24, 2.45) is 5.41 Å². The highest BCUT2D eigenvalue weighted by molar-refractivity contribution is 5.28. The van der Waals surface area contributed by atoms with Crippen LogP contribution in [0.3, 0.4) is 0 Å². The summed E-state index contributed by atoms with van der Waals surface area (Å²) in [5.41, 5.74) is 1.24. The van der Waals surface area contributed by atoms with Crippen molar-refractivity contribution in [1.29, 1.82) is 0 Å². The van der Waals surface area contributed by atoms with E-state index in [1.165, 1.54) is 0 Å². The first-order valence-electron chi connectivity index (χ1n) is 6.33. The Morgan fingerprint density at radius 1 is 1.18 bits per heavy atom. The van der Waals surface area contributed by atoms with Gasteiger partial charge in [0.25, 0.3) is 0 Å². The van der Waals surface area contributed by atoms with Crippen molar-refractivity contribution in [3.05, 3.63) is 29.8 Å². The smallest absolute Gasteiger partial charge is 0.119 e. The quantitative estimate of drug-likeness (QED) is 0.839. The van der Waals surface area contributed by atoms with E-state index in [-0.39, 0.29) is 11.5 Å². The van der Waals surface area contributed by atoms with Gasteiger partial charge in [0.2, 0.25) is 0 Å². The molecule has 96 valence electrons. The molecular weight excluding hydrogens is 212 g/mol. The van der Waals surface area contributed by atoms with Crippen LogP contribution in [0.25, 0.3) is 0 Å². The molecule has 0 bridgehead atoms. The summed E-state index contributed by atoms with van der Waals surface area (Å²) in [4.78, 5) is 0. The third-order valence-corrected chi connectivity index (χ3v) is 2.74. The Bertz CT molecular complexity index is 322. The second-order valence-electron chi connectivity index (χ2n) is 5.62. The highest BCUT2D eigenvalue weighted by atomic mass is 16.5. The summed E-state index contributed by atoms with van der Waals surface area (Å²) in [5.74, 6) is 0.860. The lowest BCUT2D eigenvalue weighted by Gasteiger charge is -2.20. The monoisotopic (exact) mass is 236 g/mol. The molecule has 17 heavy (non-hydrogen) atoms. The number of rotatable bonds is 5. The van der Waals surface area contributed by atoms with Crippen molar-refractivity contribution in [1.82, 2.24) is 0 Å². The van der Waals surface area contributed by atoms with E-state index in [0.29, 0.717) is 6.61 Å². The summed E-state index contributed by atoms with van der Waals surface area (Å²) in [5, 5.41) is 10.1. The lowest BCUT2D eigenvalue weighted by Crippen LogP contribution is -2.08. The van der Waals surface area contributed by atoms with Crippen LogP contribution in [-0.2, 0) is 0 Å². The number of aliphatic hydroxyl groups is 1. The zero-order valence-corrected chi connectivity index (χ0v) is 11.4. The first kappa shape index (κ1) is 14.0. The molecular formula is C15H24O2. The van der Waals surface area contributed by atoms with Crippen molar-refractivity contribution in [2.75, 3.05) is 6.61 Å². The van der Waals surface area contributed by atoms with Gasteiger partial charge < -0.3 is 9.84 Å². The van der Waals surface area contributed by atoms with E-state index in [4.69, 9.17) is 4.74 Å². The minimum Gasteiger partial charge on any atom is -0.494 e. The Balaban J connectivity index is 2.54. The van der Waals surface area contributed by atoms with Gasteiger partial charge in [0, 0.05) is 0 Å². The standard InChI is InChI=1S/C15H24O2/c1-5-17-13-8-6-12(7-9-13)14(16)10-11-15(2,3)4/h6-9,14,16H,5,10-11H2,1-4H3. The van der Waals surface area contributed by atoms with Gasteiger partial charge in [0.05, 0.1) is 12.7 Å². The number of hydrogen-bond donors (Lipinski definition) is 1. The lowest BCUT2D eigenvalue weighted by molar-refractivity contribution is 0.147. The van der Waals surface area contributed by atoms with Gasteiger partial charge in [-0.2, -0.15) is 0 Å². The Labute approximate surface area is 105 Å². The number of benzene rings is 1. The maximum absolute atomic E-state index is 10.1. The molecule has 0 amide bonds. The predicted molar refractivity (Wildman–Crippen MR) is 71.3 cm³/mol. The Morgan fingerprint density at radius 3 is 2.24 bits per heavy atom. The van der Waals surface area contributed by atoms with Crippen molar-refractivity contribution in [3.63, 3.8) is 0 Å². The first-order chi connectivity index (χ1) is 7.92. The molecule has 1 aromatic carbocycles. The van der Waals surface area contributed by atoms with E-state index >= 15 is 0 Å². The van der Waals surface area contributed by atoms with Crippen LogP contribution in [0.4, 0.5) is 0 Å². The fourth-order valence-corrected chi connectivity index (χ4v) is 1.69. The molecule has 1 aromatic rings. The molecule has 2 heteroatoms. The van der Waals surface area contributed by atoms with Crippen molar-refractivity contribution in [2.45, 2.75) is 46.6 Å².